The first-order valence-corrected chi connectivity index (χ1v) is 8.44. The van der Waals surface area contributed by atoms with Crippen LogP contribution in [0.4, 0.5) is 11.5 Å². The van der Waals surface area contributed by atoms with E-state index in [2.05, 4.69) is 27.8 Å². The fraction of sp³-hybridized carbons (Fsp3) is 0.143. The number of aromatic nitrogens is 1. The number of amides is 1. The van der Waals surface area contributed by atoms with Crippen molar-refractivity contribution < 1.29 is 9.53 Å². The van der Waals surface area contributed by atoms with Gasteiger partial charge in [0, 0.05) is 12.1 Å². The zero-order chi connectivity index (χ0) is 18.2. The fourth-order valence-electron chi connectivity index (χ4n) is 2.49. The zero-order valence-corrected chi connectivity index (χ0v) is 14.6. The Labute approximate surface area is 153 Å². The van der Waals surface area contributed by atoms with Gasteiger partial charge in [-0.25, -0.2) is 4.98 Å². The van der Waals surface area contributed by atoms with Crippen LogP contribution >= 0.6 is 0 Å². The number of hydrogen-bond donors (Lipinski definition) is 2. The molecule has 0 atom stereocenters. The molecule has 0 aliphatic carbocycles. The van der Waals surface area contributed by atoms with Crippen LogP contribution in [-0.2, 0) is 6.42 Å². The number of ether oxygens (including phenoxy) is 1. The molecule has 0 saturated carbocycles. The van der Waals surface area contributed by atoms with Crippen LogP contribution in [0.2, 0.25) is 0 Å². The molecule has 132 valence electrons. The number of pyridine rings is 1. The molecule has 0 saturated heterocycles. The number of carbonyl (C=O) groups is 1. The third-order valence-corrected chi connectivity index (χ3v) is 3.94. The Morgan fingerprint density at radius 3 is 2.42 bits per heavy atom. The van der Waals surface area contributed by atoms with Gasteiger partial charge >= 0.3 is 0 Å². The Kier molecular flexibility index (Phi) is 5.83. The Hall–Kier alpha value is -3.34. The summed E-state index contributed by atoms with van der Waals surface area (Å²) >= 11 is 0. The Bertz CT molecular complexity index is 831. The van der Waals surface area contributed by atoms with Gasteiger partial charge in [0.05, 0.1) is 19.0 Å². The normalized spacial score (nSPS) is 10.2. The minimum Gasteiger partial charge on any atom is -0.497 e. The Morgan fingerprint density at radius 1 is 1.00 bits per heavy atom. The largest absolute Gasteiger partial charge is 0.497 e. The molecule has 1 aromatic heterocycles. The summed E-state index contributed by atoms with van der Waals surface area (Å²) in [5, 5.41) is 6.12. The van der Waals surface area contributed by atoms with E-state index in [9.17, 15) is 4.79 Å². The number of hydrogen-bond acceptors (Lipinski definition) is 4. The summed E-state index contributed by atoms with van der Waals surface area (Å²) in [5.41, 5.74) is 2.51. The molecule has 0 aliphatic heterocycles. The van der Waals surface area contributed by atoms with E-state index in [-0.39, 0.29) is 5.91 Å². The van der Waals surface area contributed by atoms with Crippen molar-refractivity contribution in [1.82, 2.24) is 4.98 Å². The highest BCUT2D eigenvalue weighted by molar-refractivity contribution is 6.04. The molecule has 2 aromatic carbocycles. The van der Waals surface area contributed by atoms with E-state index >= 15 is 0 Å². The molecule has 3 aromatic rings. The van der Waals surface area contributed by atoms with Crippen molar-refractivity contribution in [2.45, 2.75) is 6.42 Å². The molecule has 5 nitrogen and oxygen atoms in total. The van der Waals surface area contributed by atoms with Crippen LogP contribution in [-0.4, -0.2) is 24.5 Å². The van der Waals surface area contributed by atoms with Crippen LogP contribution in [0.25, 0.3) is 0 Å². The lowest BCUT2D eigenvalue weighted by molar-refractivity contribution is 0.102. The predicted molar refractivity (Wildman–Crippen MR) is 104 cm³/mol. The van der Waals surface area contributed by atoms with Crippen molar-refractivity contribution >= 4 is 17.4 Å². The average Bonchev–Trinajstić information content (AvgIpc) is 2.70. The Morgan fingerprint density at radius 2 is 1.77 bits per heavy atom. The summed E-state index contributed by atoms with van der Waals surface area (Å²) in [4.78, 5) is 16.4. The summed E-state index contributed by atoms with van der Waals surface area (Å²) in [6.07, 6.45) is 2.54. The molecular formula is C21H21N3O2. The summed E-state index contributed by atoms with van der Waals surface area (Å²) in [7, 11) is 1.66. The van der Waals surface area contributed by atoms with Gasteiger partial charge < -0.3 is 15.4 Å². The molecule has 0 fully saturated rings. The third kappa shape index (κ3) is 4.83. The maximum Gasteiger partial charge on any atom is 0.255 e. The number of methoxy groups -OCH3 is 1. The first-order chi connectivity index (χ1) is 12.7. The zero-order valence-electron chi connectivity index (χ0n) is 14.6. The second-order valence-electron chi connectivity index (χ2n) is 5.78. The SMILES string of the molecule is COc1ccc(CCNc2ccc(NC(=O)c3ccccc3)cn2)cc1. The number of nitrogens with zero attached hydrogens (tertiary/aromatic N) is 1. The molecule has 3 rings (SSSR count). The molecule has 0 spiro atoms. The van der Waals surface area contributed by atoms with Crippen LogP contribution < -0.4 is 15.4 Å². The van der Waals surface area contributed by atoms with E-state index < -0.39 is 0 Å². The minimum absolute atomic E-state index is 0.146. The number of nitrogens with one attached hydrogen (secondary N) is 2. The van der Waals surface area contributed by atoms with Gasteiger partial charge in [-0.2, -0.15) is 0 Å². The molecule has 2 N–H and O–H groups in total. The second-order valence-corrected chi connectivity index (χ2v) is 5.78. The van der Waals surface area contributed by atoms with E-state index in [0.717, 1.165) is 24.5 Å². The van der Waals surface area contributed by atoms with Crippen molar-refractivity contribution in [3.8, 4) is 5.75 Å². The first-order valence-electron chi connectivity index (χ1n) is 8.44. The maximum absolute atomic E-state index is 12.1. The number of carbonyl (C=O) groups excluding carboxylic acids is 1. The van der Waals surface area contributed by atoms with Gasteiger partial charge in [-0.1, -0.05) is 30.3 Å². The highest BCUT2D eigenvalue weighted by atomic mass is 16.5. The topological polar surface area (TPSA) is 63.2 Å². The minimum atomic E-state index is -0.146. The van der Waals surface area contributed by atoms with E-state index in [1.165, 1.54) is 5.56 Å². The number of anilines is 2. The van der Waals surface area contributed by atoms with Gasteiger partial charge in [-0.05, 0) is 48.4 Å². The van der Waals surface area contributed by atoms with Gasteiger partial charge in [0.1, 0.15) is 11.6 Å². The molecule has 1 heterocycles. The van der Waals surface area contributed by atoms with E-state index in [4.69, 9.17) is 4.74 Å². The van der Waals surface area contributed by atoms with Gasteiger partial charge in [-0.15, -0.1) is 0 Å². The van der Waals surface area contributed by atoms with Crippen LogP contribution in [0.1, 0.15) is 15.9 Å². The van der Waals surface area contributed by atoms with Gasteiger partial charge in [0.2, 0.25) is 0 Å². The highest BCUT2D eigenvalue weighted by Crippen LogP contribution is 2.13. The third-order valence-electron chi connectivity index (χ3n) is 3.94. The number of benzene rings is 2. The molecule has 0 aliphatic rings. The van der Waals surface area contributed by atoms with Crippen molar-refractivity contribution in [1.29, 1.82) is 0 Å². The summed E-state index contributed by atoms with van der Waals surface area (Å²) in [5.74, 6) is 1.49. The van der Waals surface area contributed by atoms with Crippen LogP contribution in [0.3, 0.4) is 0 Å². The lowest BCUT2D eigenvalue weighted by Gasteiger charge is -2.08. The first kappa shape index (κ1) is 17.5. The predicted octanol–water partition coefficient (Wildman–Crippen LogP) is 4.00. The molecule has 26 heavy (non-hydrogen) atoms. The lowest BCUT2D eigenvalue weighted by atomic mass is 10.1. The van der Waals surface area contributed by atoms with Crippen LogP contribution in [0, 0.1) is 0 Å². The van der Waals surface area contributed by atoms with Crippen molar-refractivity contribution in [3.05, 3.63) is 84.1 Å². The van der Waals surface area contributed by atoms with Gasteiger partial charge in [0.15, 0.2) is 0 Å². The van der Waals surface area contributed by atoms with Crippen LogP contribution in [0.5, 0.6) is 5.75 Å². The van der Waals surface area contributed by atoms with Crippen molar-refractivity contribution in [2.75, 3.05) is 24.3 Å². The quantitative estimate of drug-likeness (QED) is 0.678. The smallest absolute Gasteiger partial charge is 0.255 e. The second kappa shape index (κ2) is 8.67. The van der Waals surface area contributed by atoms with Crippen molar-refractivity contribution in [3.63, 3.8) is 0 Å². The average molecular weight is 347 g/mol. The molecule has 0 radical (unpaired) electrons. The van der Waals surface area contributed by atoms with Crippen molar-refractivity contribution in [2.24, 2.45) is 0 Å². The summed E-state index contributed by atoms with van der Waals surface area (Å²) in [6, 6.07) is 20.8. The van der Waals surface area contributed by atoms with E-state index in [1.54, 1.807) is 25.4 Å². The molecule has 5 heteroatoms. The molecule has 0 unspecified atom stereocenters. The summed E-state index contributed by atoms with van der Waals surface area (Å²) in [6.45, 7) is 0.773. The monoisotopic (exact) mass is 347 g/mol. The number of rotatable bonds is 7. The van der Waals surface area contributed by atoms with Crippen LogP contribution in [0.15, 0.2) is 72.9 Å². The van der Waals surface area contributed by atoms with E-state index in [1.807, 2.05) is 42.5 Å². The highest BCUT2D eigenvalue weighted by Gasteiger charge is 2.05. The fourth-order valence-corrected chi connectivity index (χ4v) is 2.49. The van der Waals surface area contributed by atoms with Gasteiger partial charge in [0.25, 0.3) is 5.91 Å². The Balaban J connectivity index is 1.48. The van der Waals surface area contributed by atoms with E-state index in [0.29, 0.717) is 11.3 Å². The molecule has 1 amide bonds. The lowest BCUT2D eigenvalue weighted by Crippen LogP contribution is -2.12. The molecular weight excluding hydrogens is 326 g/mol. The van der Waals surface area contributed by atoms with Gasteiger partial charge in [-0.3, -0.25) is 4.79 Å². The standard InChI is InChI=1S/C21H21N3O2/c1-26-19-10-7-16(8-11-19)13-14-22-20-12-9-18(15-23-20)24-21(25)17-5-3-2-4-6-17/h2-12,15H,13-14H2,1H3,(H,22,23)(H,24,25). The maximum atomic E-state index is 12.1. The summed E-state index contributed by atoms with van der Waals surface area (Å²) < 4.78 is 5.15. The molecule has 0 bridgehead atoms.